The summed E-state index contributed by atoms with van der Waals surface area (Å²) in [6.07, 6.45) is -2.30. The molecule has 1 saturated heterocycles. The number of amides is 1. The lowest BCUT2D eigenvalue weighted by molar-refractivity contribution is -0.192. The first-order valence-corrected chi connectivity index (χ1v) is 13.4. The minimum atomic E-state index is -5.08. The van der Waals surface area contributed by atoms with Gasteiger partial charge < -0.3 is 20.3 Å². The van der Waals surface area contributed by atoms with E-state index < -0.39 is 12.1 Å². The molecule has 41 heavy (non-hydrogen) atoms. The number of carboxylic acids is 1. The SMILES string of the molecule is Cc1cc(C)c(-c2nc3c([nH]2)CNC(C)C3)cc1C(=O)N1CCC(c2ccc(C#N)cc2)CC1.O=C(O)C(F)(F)F. The number of benzene rings is 2. The van der Waals surface area contributed by atoms with Gasteiger partial charge in [0.2, 0.25) is 0 Å². The highest BCUT2D eigenvalue weighted by Crippen LogP contribution is 2.31. The van der Waals surface area contributed by atoms with Crippen molar-refractivity contribution in [3.63, 3.8) is 0 Å². The topological polar surface area (TPSA) is 122 Å². The third-order valence-corrected chi connectivity index (χ3v) is 7.58. The van der Waals surface area contributed by atoms with Crippen molar-refractivity contribution < 1.29 is 27.9 Å². The molecule has 0 aliphatic carbocycles. The number of rotatable bonds is 3. The molecule has 3 N–H and O–H groups in total. The van der Waals surface area contributed by atoms with Crippen molar-refractivity contribution in [2.75, 3.05) is 13.1 Å². The monoisotopic (exact) mass is 567 g/mol. The van der Waals surface area contributed by atoms with E-state index in [1.165, 1.54) is 5.56 Å². The second-order valence-electron chi connectivity index (χ2n) is 10.6. The van der Waals surface area contributed by atoms with Gasteiger partial charge in [-0.15, -0.1) is 0 Å². The number of alkyl halides is 3. The van der Waals surface area contributed by atoms with Gasteiger partial charge in [-0.05, 0) is 74.4 Å². The molecule has 8 nitrogen and oxygen atoms in total. The summed E-state index contributed by atoms with van der Waals surface area (Å²) in [5, 5.41) is 19.6. The number of hydrogen-bond acceptors (Lipinski definition) is 5. The third-order valence-electron chi connectivity index (χ3n) is 7.58. The van der Waals surface area contributed by atoms with Crippen LogP contribution in [0.3, 0.4) is 0 Å². The lowest BCUT2D eigenvalue weighted by Gasteiger charge is -2.32. The molecule has 216 valence electrons. The van der Waals surface area contributed by atoms with E-state index >= 15 is 0 Å². The van der Waals surface area contributed by atoms with Crippen LogP contribution in [-0.2, 0) is 17.8 Å². The zero-order valence-corrected chi connectivity index (χ0v) is 23.1. The van der Waals surface area contributed by atoms with Crippen LogP contribution in [0.15, 0.2) is 36.4 Å². The first-order chi connectivity index (χ1) is 19.4. The maximum atomic E-state index is 13.5. The Morgan fingerprint density at radius 2 is 1.73 bits per heavy atom. The Morgan fingerprint density at radius 3 is 2.32 bits per heavy atom. The zero-order valence-electron chi connectivity index (χ0n) is 23.1. The molecule has 3 aromatic rings. The number of hydrogen-bond donors (Lipinski definition) is 3. The van der Waals surface area contributed by atoms with Gasteiger partial charge >= 0.3 is 12.1 Å². The van der Waals surface area contributed by atoms with E-state index in [1.54, 1.807) is 0 Å². The molecule has 2 aliphatic heterocycles. The number of nitrogens with one attached hydrogen (secondary N) is 2. The number of imidazole rings is 1. The van der Waals surface area contributed by atoms with Crippen molar-refractivity contribution >= 4 is 11.9 Å². The Hall–Kier alpha value is -4.17. The first kappa shape index (κ1) is 29.8. The molecule has 0 saturated carbocycles. The summed E-state index contributed by atoms with van der Waals surface area (Å²) >= 11 is 0. The van der Waals surface area contributed by atoms with Crippen molar-refractivity contribution in [1.82, 2.24) is 20.2 Å². The van der Waals surface area contributed by atoms with Crippen LogP contribution in [0, 0.1) is 25.2 Å². The normalized spacial score (nSPS) is 17.2. The molecule has 0 spiro atoms. The number of fused-ring (bicyclic) bond motifs is 1. The highest BCUT2D eigenvalue weighted by atomic mass is 19.4. The van der Waals surface area contributed by atoms with E-state index in [1.807, 2.05) is 30.0 Å². The van der Waals surface area contributed by atoms with Gasteiger partial charge in [-0.2, -0.15) is 18.4 Å². The molecule has 0 radical (unpaired) electrons. The molecule has 5 rings (SSSR count). The van der Waals surface area contributed by atoms with Crippen LogP contribution in [0.5, 0.6) is 0 Å². The number of aliphatic carboxylic acids is 1. The number of aromatic nitrogens is 2. The Morgan fingerprint density at radius 1 is 1.10 bits per heavy atom. The number of piperidine rings is 1. The number of carbonyl (C=O) groups is 2. The van der Waals surface area contributed by atoms with Crippen molar-refractivity contribution in [2.45, 2.75) is 64.7 Å². The van der Waals surface area contributed by atoms with Crippen molar-refractivity contribution in [3.8, 4) is 17.5 Å². The molecule has 1 fully saturated rings. The second-order valence-corrected chi connectivity index (χ2v) is 10.6. The minimum Gasteiger partial charge on any atom is -0.475 e. The number of likely N-dealkylation sites (tertiary alicyclic amines) is 1. The number of carboxylic acid groups (broad SMARTS) is 1. The van der Waals surface area contributed by atoms with Gasteiger partial charge in [0.1, 0.15) is 5.82 Å². The fourth-order valence-corrected chi connectivity index (χ4v) is 5.28. The molecule has 1 aromatic heterocycles. The number of carbonyl (C=O) groups excluding carboxylic acids is 1. The summed E-state index contributed by atoms with van der Waals surface area (Å²) in [6, 6.07) is 14.6. The lowest BCUT2D eigenvalue weighted by atomic mass is 9.88. The zero-order chi connectivity index (χ0) is 29.9. The number of nitriles is 1. The number of H-pyrrole nitrogens is 1. The Balaban J connectivity index is 0.000000493. The van der Waals surface area contributed by atoms with E-state index in [0.717, 1.165) is 78.4 Å². The molecule has 2 aliphatic rings. The van der Waals surface area contributed by atoms with Crippen molar-refractivity contribution in [1.29, 1.82) is 5.26 Å². The summed E-state index contributed by atoms with van der Waals surface area (Å²) in [6.45, 7) is 8.56. The van der Waals surface area contributed by atoms with E-state index in [4.69, 9.17) is 20.1 Å². The Kier molecular flexibility index (Phi) is 8.83. The predicted octanol–water partition coefficient (Wildman–Crippen LogP) is 5.25. The predicted molar refractivity (Wildman–Crippen MR) is 146 cm³/mol. The average Bonchev–Trinajstić information content (AvgIpc) is 3.35. The van der Waals surface area contributed by atoms with Gasteiger partial charge in [-0.25, -0.2) is 9.78 Å². The molecule has 0 bridgehead atoms. The van der Waals surface area contributed by atoms with E-state index in [9.17, 15) is 18.0 Å². The van der Waals surface area contributed by atoms with Crippen molar-refractivity contribution in [3.05, 3.63) is 75.6 Å². The van der Waals surface area contributed by atoms with E-state index in [2.05, 4.69) is 48.4 Å². The van der Waals surface area contributed by atoms with Crippen LogP contribution >= 0.6 is 0 Å². The van der Waals surface area contributed by atoms with Crippen LogP contribution in [-0.4, -0.2) is 57.2 Å². The maximum absolute atomic E-state index is 13.5. The van der Waals surface area contributed by atoms with Gasteiger partial charge in [-0.3, -0.25) is 4.79 Å². The van der Waals surface area contributed by atoms with Crippen LogP contribution in [0.4, 0.5) is 13.2 Å². The highest BCUT2D eigenvalue weighted by Gasteiger charge is 2.38. The Labute approximate surface area is 236 Å². The fourth-order valence-electron chi connectivity index (χ4n) is 5.28. The molecule has 11 heteroatoms. The van der Waals surface area contributed by atoms with Crippen LogP contribution in [0.2, 0.25) is 0 Å². The molecular weight excluding hydrogens is 535 g/mol. The molecule has 1 unspecified atom stereocenters. The van der Waals surface area contributed by atoms with Crippen LogP contribution in [0.1, 0.15) is 69.7 Å². The summed E-state index contributed by atoms with van der Waals surface area (Å²) in [7, 11) is 0. The summed E-state index contributed by atoms with van der Waals surface area (Å²) in [4.78, 5) is 32.8. The molecular formula is C30H32F3N5O3. The van der Waals surface area contributed by atoms with Gasteiger partial charge in [0.15, 0.2) is 0 Å². The molecule has 2 aromatic carbocycles. The minimum absolute atomic E-state index is 0.101. The van der Waals surface area contributed by atoms with Crippen molar-refractivity contribution in [2.24, 2.45) is 0 Å². The lowest BCUT2D eigenvalue weighted by Crippen LogP contribution is -2.38. The summed E-state index contributed by atoms with van der Waals surface area (Å²) in [5.74, 6) is -1.37. The smallest absolute Gasteiger partial charge is 0.475 e. The van der Waals surface area contributed by atoms with Crippen LogP contribution in [0.25, 0.3) is 11.4 Å². The maximum Gasteiger partial charge on any atom is 0.490 e. The van der Waals surface area contributed by atoms with Gasteiger partial charge in [0.05, 0.1) is 23.0 Å². The second kappa shape index (κ2) is 12.1. The third kappa shape index (κ3) is 6.95. The number of nitrogens with zero attached hydrogens (tertiary/aromatic N) is 3. The summed E-state index contributed by atoms with van der Waals surface area (Å²) < 4.78 is 31.7. The van der Waals surface area contributed by atoms with Gasteiger partial charge in [0.25, 0.3) is 5.91 Å². The number of aryl methyl sites for hydroxylation is 2. The number of halogens is 3. The molecule has 3 heterocycles. The number of aromatic amines is 1. The largest absolute Gasteiger partial charge is 0.490 e. The standard InChI is InChI=1S/C28H31N5O.C2HF3O2/c1-17-12-18(2)24(14-23(17)27-31-25-13-19(3)30-16-26(25)32-27)28(34)33-10-8-22(9-11-33)21-6-4-20(15-29)5-7-21;3-2(4,5)1(6)7/h4-7,12,14,19,22,30H,8-11,13,16H2,1-3H3,(H,31,32);(H,6,7). The van der Waals surface area contributed by atoms with Gasteiger partial charge in [0, 0.05) is 43.2 Å². The molecule has 1 atom stereocenters. The first-order valence-electron chi connectivity index (χ1n) is 13.4. The quantitative estimate of drug-likeness (QED) is 0.397. The fraction of sp³-hybridized carbons (Fsp3) is 0.400. The Bertz CT molecular complexity index is 1470. The average molecular weight is 568 g/mol. The van der Waals surface area contributed by atoms with Crippen LogP contribution < -0.4 is 5.32 Å². The van der Waals surface area contributed by atoms with E-state index in [-0.39, 0.29) is 5.91 Å². The highest BCUT2D eigenvalue weighted by molar-refractivity contribution is 5.97. The van der Waals surface area contributed by atoms with Gasteiger partial charge in [-0.1, -0.05) is 18.2 Å². The van der Waals surface area contributed by atoms with E-state index in [0.29, 0.717) is 17.5 Å². The summed E-state index contributed by atoms with van der Waals surface area (Å²) in [5.41, 5.74) is 8.11. The molecule has 1 amide bonds.